The number of anilines is 1. The molecule has 0 heterocycles. The molecule has 11 nitrogen and oxygen atoms in total. The lowest BCUT2D eigenvalue weighted by molar-refractivity contribution is -0.159. The number of nitrogens with one attached hydrogen (secondary N) is 2. The predicted molar refractivity (Wildman–Crippen MR) is 116 cm³/mol. The predicted octanol–water partition coefficient (Wildman–Crippen LogP) is 0.758. The second-order valence-corrected chi connectivity index (χ2v) is 8.07. The average Bonchev–Trinajstić information content (AvgIpc) is 2.71. The molecule has 12 heteroatoms. The fourth-order valence-corrected chi connectivity index (χ4v) is 2.83. The van der Waals surface area contributed by atoms with Gasteiger partial charge in [0.1, 0.15) is 5.75 Å². The molecule has 2 rings (SSSR count). The number of hydrogen-bond acceptors (Lipinski definition) is 8. The summed E-state index contributed by atoms with van der Waals surface area (Å²) < 4.78 is 27.2. The van der Waals surface area contributed by atoms with E-state index >= 15 is 0 Å². The molecular weight excluding hydrogens is 442 g/mol. The zero-order chi connectivity index (χ0) is 24.1. The van der Waals surface area contributed by atoms with E-state index in [4.69, 9.17) is 29.8 Å². The maximum Gasteiger partial charge on any atom is 0.414 e. The highest BCUT2D eigenvalue weighted by Gasteiger charge is 2.07. The van der Waals surface area contributed by atoms with E-state index in [-0.39, 0.29) is 18.1 Å². The molecule has 0 unspecified atom stereocenters. The van der Waals surface area contributed by atoms with E-state index in [2.05, 4.69) is 10.7 Å². The molecule has 2 aromatic carbocycles. The third-order valence-electron chi connectivity index (χ3n) is 3.77. The summed E-state index contributed by atoms with van der Waals surface area (Å²) in [6.07, 6.45) is 2.57. The van der Waals surface area contributed by atoms with Gasteiger partial charge >= 0.3 is 22.1 Å². The van der Waals surface area contributed by atoms with Gasteiger partial charge in [-0.25, -0.2) is 9.59 Å². The Morgan fingerprint density at radius 1 is 0.969 bits per heavy atom. The van der Waals surface area contributed by atoms with Crippen LogP contribution in [-0.4, -0.2) is 49.3 Å². The van der Waals surface area contributed by atoms with Gasteiger partial charge in [-0.15, -0.1) is 0 Å². The van der Waals surface area contributed by atoms with Crippen molar-refractivity contribution in [1.29, 1.82) is 0 Å². The Bertz CT molecular complexity index is 1010. The summed E-state index contributed by atoms with van der Waals surface area (Å²) in [6.45, 7) is 0.688. The minimum atomic E-state index is -3.57. The molecule has 1 amide bonds. The van der Waals surface area contributed by atoms with Crippen molar-refractivity contribution in [2.75, 3.05) is 18.1 Å². The maximum absolute atomic E-state index is 12.1. The van der Waals surface area contributed by atoms with Gasteiger partial charge in [-0.2, -0.15) is 8.42 Å². The number of hydrogen-bond donors (Lipinski definition) is 5. The zero-order valence-electron chi connectivity index (χ0n) is 17.3. The van der Waals surface area contributed by atoms with E-state index in [1.54, 1.807) is 18.2 Å². The first kappa shape index (κ1) is 26.6. The molecule has 0 aromatic heterocycles. The van der Waals surface area contributed by atoms with Gasteiger partial charge in [-0.05, 0) is 48.2 Å². The van der Waals surface area contributed by atoms with Crippen molar-refractivity contribution >= 4 is 33.7 Å². The van der Waals surface area contributed by atoms with Crippen LogP contribution < -0.4 is 20.8 Å². The largest absolute Gasteiger partial charge is 0.473 e. The molecule has 0 saturated carbocycles. The fraction of sp³-hybridized carbons (Fsp3) is 0.250. The normalized spacial score (nSPS) is 10.4. The minimum Gasteiger partial charge on any atom is -0.473 e. The molecule has 0 spiro atoms. The molecule has 0 saturated heterocycles. The minimum absolute atomic E-state index is 0.115. The second kappa shape index (κ2) is 13.0. The smallest absolute Gasteiger partial charge is 0.414 e. The van der Waals surface area contributed by atoms with Crippen LogP contribution in [0.4, 0.5) is 5.69 Å². The molecule has 0 aliphatic carbocycles. The number of carboxylic acids is 2. The van der Waals surface area contributed by atoms with Crippen molar-refractivity contribution in [1.82, 2.24) is 5.43 Å². The number of aliphatic carboxylic acids is 2. The molecule has 0 fully saturated rings. The highest BCUT2D eigenvalue weighted by atomic mass is 32.2. The molecule has 32 heavy (non-hydrogen) atoms. The van der Waals surface area contributed by atoms with Gasteiger partial charge in [0.2, 0.25) is 5.91 Å². The summed E-state index contributed by atoms with van der Waals surface area (Å²) in [7, 11) is -3.57. The van der Waals surface area contributed by atoms with Crippen LogP contribution in [0.25, 0.3) is 0 Å². The van der Waals surface area contributed by atoms with Crippen LogP contribution in [0, 0.1) is 0 Å². The van der Waals surface area contributed by atoms with Crippen molar-refractivity contribution in [2.24, 2.45) is 5.84 Å². The van der Waals surface area contributed by atoms with Gasteiger partial charge in [0.25, 0.3) is 0 Å². The van der Waals surface area contributed by atoms with E-state index in [9.17, 15) is 13.2 Å². The van der Waals surface area contributed by atoms with Crippen LogP contribution in [0.15, 0.2) is 48.5 Å². The SMILES string of the molecule is CS(=O)(=O)Oc1cccc(CCC(=O)Nc2ccc(CCNN)cc2)c1.O=C(O)C(=O)O. The van der Waals surface area contributed by atoms with E-state index in [0.29, 0.717) is 13.0 Å². The molecular formula is C20H25N3O8S. The monoisotopic (exact) mass is 467 g/mol. The van der Waals surface area contributed by atoms with Gasteiger partial charge in [-0.3, -0.25) is 16.1 Å². The van der Waals surface area contributed by atoms with Crippen molar-refractivity contribution in [3.05, 3.63) is 59.7 Å². The van der Waals surface area contributed by atoms with Crippen LogP contribution in [0.5, 0.6) is 5.75 Å². The fourth-order valence-electron chi connectivity index (χ4n) is 2.38. The highest BCUT2D eigenvalue weighted by molar-refractivity contribution is 7.86. The molecule has 174 valence electrons. The first-order chi connectivity index (χ1) is 15.0. The van der Waals surface area contributed by atoms with Crippen LogP contribution in [0.1, 0.15) is 17.5 Å². The Balaban J connectivity index is 0.000000751. The van der Waals surface area contributed by atoms with Gasteiger partial charge in [0.05, 0.1) is 6.26 Å². The van der Waals surface area contributed by atoms with E-state index in [1.807, 2.05) is 30.3 Å². The Kier molecular flexibility index (Phi) is 10.8. The van der Waals surface area contributed by atoms with E-state index in [1.165, 1.54) is 0 Å². The quantitative estimate of drug-likeness (QED) is 0.153. The highest BCUT2D eigenvalue weighted by Crippen LogP contribution is 2.17. The second-order valence-electron chi connectivity index (χ2n) is 6.49. The number of nitrogens with two attached hydrogens (primary N) is 1. The number of rotatable bonds is 9. The zero-order valence-corrected chi connectivity index (χ0v) is 18.1. The van der Waals surface area contributed by atoms with Gasteiger partial charge in [-0.1, -0.05) is 24.3 Å². The number of amides is 1. The van der Waals surface area contributed by atoms with Crippen LogP contribution in [-0.2, 0) is 37.3 Å². The number of benzene rings is 2. The Morgan fingerprint density at radius 2 is 1.59 bits per heavy atom. The topological polar surface area (TPSA) is 185 Å². The first-order valence-electron chi connectivity index (χ1n) is 9.27. The molecule has 6 N–H and O–H groups in total. The Labute approximate surface area is 185 Å². The average molecular weight is 468 g/mol. The molecule has 0 bridgehead atoms. The summed E-state index contributed by atoms with van der Waals surface area (Å²) in [5.41, 5.74) is 5.28. The third-order valence-corrected chi connectivity index (χ3v) is 4.26. The molecule has 0 radical (unpaired) electrons. The van der Waals surface area contributed by atoms with Gasteiger partial charge < -0.3 is 19.7 Å². The molecule has 2 aromatic rings. The lowest BCUT2D eigenvalue weighted by Crippen LogP contribution is -2.24. The summed E-state index contributed by atoms with van der Waals surface area (Å²) in [4.78, 5) is 30.3. The molecule has 0 atom stereocenters. The first-order valence-corrected chi connectivity index (χ1v) is 11.1. The molecule has 0 aliphatic rings. The summed E-state index contributed by atoms with van der Waals surface area (Å²) >= 11 is 0. The molecule has 0 aliphatic heterocycles. The number of carbonyl (C=O) groups excluding carboxylic acids is 1. The third kappa shape index (κ3) is 11.6. The van der Waals surface area contributed by atoms with Crippen LogP contribution >= 0.6 is 0 Å². The number of aryl methyl sites for hydroxylation is 1. The lowest BCUT2D eigenvalue weighted by atomic mass is 10.1. The van der Waals surface area contributed by atoms with Crippen molar-refractivity contribution in [2.45, 2.75) is 19.3 Å². The van der Waals surface area contributed by atoms with Crippen molar-refractivity contribution in [3.63, 3.8) is 0 Å². The van der Waals surface area contributed by atoms with Gasteiger partial charge in [0, 0.05) is 18.7 Å². The van der Waals surface area contributed by atoms with Crippen molar-refractivity contribution < 1.29 is 37.2 Å². The van der Waals surface area contributed by atoms with Crippen molar-refractivity contribution in [3.8, 4) is 5.75 Å². The standard InChI is InChI=1S/C18H23N3O4S.C2H2O4/c1-26(23,24)25-17-4-2-3-15(13-17)7-10-18(22)21-16-8-5-14(6-9-16)11-12-20-19;3-1(4)2(5)6/h2-6,8-9,13,20H,7,10-12,19H2,1H3,(H,21,22);(H,3,4)(H,5,6). The van der Waals surface area contributed by atoms with E-state index in [0.717, 1.165) is 29.5 Å². The summed E-state index contributed by atoms with van der Waals surface area (Å²) in [5.74, 6) is 1.73. The van der Waals surface area contributed by atoms with Crippen LogP contribution in [0.2, 0.25) is 0 Å². The summed E-state index contributed by atoms with van der Waals surface area (Å²) in [6, 6.07) is 14.3. The Morgan fingerprint density at radius 3 is 2.12 bits per heavy atom. The summed E-state index contributed by atoms with van der Waals surface area (Å²) in [5, 5.41) is 17.6. The lowest BCUT2D eigenvalue weighted by Gasteiger charge is -2.08. The maximum atomic E-state index is 12.1. The van der Waals surface area contributed by atoms with Crippen LogP contribution in [0.3, 0.4) is 0 Å². The number of carboxylic acid groups (broad SMARTS) is 2. The Hall–Kier alpha value is -3.48. The van der Waals surface area contributed by atoms with Gasteiger partial charge in [0.15, 0.2) is 0 Å². The van der Waals surface area contributed by atoms with E-state index < -0.39 is 22.1 Å². The number of carbonyl (C=O) groups is 3. The number of hydrazine groups is 1.